The van der Waals surface area contributed by atoms with Gasteiger partial charge in [0.2, 0.25) is 0 Å². The van der Waals surface area contributed by atoms with Gasteiger partial charge in [0.1, 0.15) is 11.6 Å². The number of hydrogen-bond donors (Lipinski definition) is 1. The van der Waals surface area contributed by atoms with Crippen LogP contribution in [-0.4, -0.2) is 20.6 Å². The highest BCUT2D eigenvalue weighted by molar-refractivity contribution is 5.76. The van der Waals surface area contributed by atoms with E-state index in [1.54, 1.807) is 6.07 Å². The number of halogens is 1. The fourth-order valence-electron chi connectivity index (χ4n) is 2.09. The van der Waals surface area contributed by atoms with Crippen LogP contribution >= 0.6 is 0 Å². The van der Waals surface area contributed by atoms with E-state index < -0.39 is 5.97 Å². The third-order valence-corrected chi connectivity index (χ3v) is 2.90. The van der Waals surface area contributed by atoms with Crippen LogP contribution in [0.25, 0.3) is 11.0 Å². The van der Waals surface area contributed by atoms with E-state index in [2.05, 4.69) is 4.98 Å². The van der Waals surface area contributed by atoms with Gasteiger partial charge in [0, 0.05) is 25.5 Å². The van der Waals surface area contributed by atoms with Gasteiger partial charge in [0.15, 0.2) is 0 Å². The zero-order valence-corrected chi connectivity index (χ0v) is 10.2. The van der Waals surface area contributed by atoms with Gasteiger partial charge < -0.3 is 9.67 Å². The number of hydrogen-bond acceptors (Lipinski definition) is 2. The van der Waals surface area contributed by atoms with Crippen LogP contribution in [0.1, 0.15) is 25.6 Å². The molecule has 0 aliphatic rings. The number of imidazole rings is 1. The summed E-state index contributed by atoms with van der Waals surface area (Å²) in [6, 6.07) is 4.53. The summed E-state index contributed by atoms with van der Waals surface area (Å²) < 4.78 is 15.1. The molecule has 0 amide bonds. The van der Waals surface area contributed by atoms with Crippen LogP contribution in [0.5, 0.6) is 0 Å². The summed E-state index contributed by atoms with van der Waals surface area (Å²) in [5.74, 6) is -0.292. The summed E-state index contributed by atoms with van der Waals surface area (Å²) in [7, 11) is 0. The molecule has 5 heteroatoms. The summed E-state index contributed by atoms with van der Waals surface area (Å²) in [6.07, 6.45) is 1.26. The highest BCUT2D eigenvalue weighted by Gasteiger charge is 2.10. The highest BCUT2D eigenvalue weighted by Crippen LogP contribution is 2.18. The first-order valence-corrected chi connectivity index (χ1v) is 5.98. The SMILES string of the molecule is CCn1c(CCCC(=O)O)nc2cc(F)ccc21. The van der Waals surface area contributed by atoms with Crippen LogP contribution < -0.4 is 0 Å². The number of carboxylic acids is 1. The fourth-order valence-corrected chi connectivity index (χ4v) is 2.09. The largest absolute Gasteiger partial charge is 0.481 e. The van der Waals surface area contributed by atoms with E-state index in [0.29, 0.717) is 18.4 Å². The van der Waals surface area contributed by atoms with Crippen molar-refractivity contribution >= 4 is 17.0 Å². The number of benzene rings is 1. The molecule has 0 fully saturated rings. The maximum absolute atomic E-state index is 13.1. The van der Waals surface area contributed by atoms with Crippen molar-refractivity contribution in [1.82, 2.24) is 9.55 Å². The molecule has 2 aromatic rings. The number of carboxylic acid groups (broad SMARTS) is 1. The molecular weight excluding hydrogens is 235 g/mol. The molecule has 96 valence electrons. The second-order valence-electron chi connectivity index (χ2n) is 4.15. The molecule has 1 heterocycles. The van der Waals surface area contributed by atoms with Gasteiger partial charge in [-0.05, 0) is 25.5 Å². The van der Waals surface area contributed by atoms with Gasteiger partial charge in [-0.15, -0.1) is 0 Å². The molecule has 0 aliphatic heterocycles. The molecule has 0 saturated carbocycles. The van der Waals surface area contributed by atoms with Crippen molar-refractivity contribution in [2.45, 2.75) is 32.7 Å². The molecule has 0 radical (unpaired) electrons. The quantitative estimate of drug-likeness (QED) is 0.887. The number of aliphatic carboxylic acids is 1. The topological polar surface area (TPSA) is 55.1 Å². The Morgan fingerprint density at radius 1 is 1.50 bits per heavy atom. The average Bonchev–Trinajstić information content (AvgIpc) is 2.65. The predicted molar refractivity (Wildman–Crippen MR) is 65.9 cm³/mol. The Bertz CT molecular complexity index is 578. The Morgan fingerprint density at radius 2 is 2.28 bits per heavy atom. The summed E-state index contributed by atoms with van der Waals surface area (Å²) in [4.78, 5) is 14.9. The third-order valence-electron chi connectivity index (χ3n) is 2.90. The lowest BCUT2D eigenvalue weighted by Crippen LogP contribution is -2.03. The van der Waals surface area contributed by atoms with Crippen molar-refractivity contribution in [2.24, 2.45) is 0 Å². The molecule has 0 aliphatic carbocycles. The van der Waals surface area contributed by atoms with Crippen molar-refractivity contribution in [3.05, 3.63) is 29.8 Å². The molecule has 1 N–H and O–H groups in total. The molecule has 0 bridgehead atoms. The van der Waals surface area contributed by atoms with Gasteiger partial charge in [0.05, 0.1) is 11.0 Å². The van der Waals surface area contributed by atoms with E-state index in [4.69, 9.17) is 5.11 Å². The highest BCUT2D eigenvalue weighted by atomic mass is 19.1. The summed E-state index contributed by atoms with van der Waals surface area (Å²) in [5.41, 5.74) is 1.52. The van der Waals surface area contributed by atoms with E-state index in [9.17, 15) is 9.18 Å². The maximum Gasteiger partial charge on any atom is 0.303 e. The molecule has 1 aromatic carbocycles. The molecule has 1 aromatic heterocycles. The number of carbonyl (C=O) groups is 1. The van der Waals surface area contributed by atoms with Gasteiger partial charge in [-0.3, -0.25) is 4.79 Å². The lowest BCUT2D eigenvalue weighted by atomic mass is 10.2. The summed E-state index contributed by atoms with van der Waals surface area (Å²) in [5, 5.41) is 8.62. The van der Waals surface area contributed by atoms with E-state index in [1.165, 1.54) is 12.1 Å². The van der Waals surface area contributed by atoms with Crippen molar-refractivity contribution in [3.63, 3.8) is 0 Å². The Balaban J connectivity index is 2.29. The van der Waals surface area contributed by atoms with Gasteiger partial charge >= 0.3 is 5.97 Å². The van der Waals surface area contributed by atoms with Gasteiger partial charge in [-0.25, -0.2) is 9.37 Å². The van der Waals surface area contributed by atoms with E-state index in [1.807, 2.05) is 11.5 Å². The van der Waals surface area contributed by atoms with Crippen LogP contribution in [-0.2, 0) is 17.8 Å². The standard InChI is InChI=1S/C13H15FN2O2/c1-2-16-11-7-6-9(14)8-10(11)15-12(16)4-3-5-13(17)18/h6-8H,2-5H2,1H3,(H,17,18). The van der Waals surface area contributed by atoms with Crippen molar-refractivity contribution in [3.8, 4) is 0 Å². The van der Waals surface area contributed by atoms with E-state index in [0.717, 1.165) is 17.9 Å². The lowest BCUT2D eigenvalue weighted by Gasteiger charge is -2.04. The van der Waals surface area contributed by atoms with E-state index in [-0.39, 0.29) is 12.2 Å². The van der Waals surface area contributed by atoms with Crippen molar-refractivity contribution < 1.29 is 14.3 Å². The molecule has 4 nitrogen and oxygen atoms in total. The Labute approximate surface area is 104 Å². The minimum Gasteiger partial charge on any atom is -0.481 e. The van der Waals surface area contributed by atoms with E-state index >= 15 is 0 Å². The smallest absolute Gasteiger partial charge is 0.303 e. The average molecular weight is 250 g/mol. The van der Waals surface area contributed by atoms with Gasteiger partial charge in [0.25, 0.3) is 0 Å². The first-order valence-electron chi connectivity index (χ1n) is 5.98. The van der Waals surface area contributed by atoms with Crippen molar-refractivity contribution in [2.75, 3.05) is 0 Å². The molecule has 0 unspecified atom stereocenters. The minimum absolute atomic E-state index is 0.126. The fraction of sp³-hybridized carbons (Fsp3) is 0.385. The summed E-state index contributed by atoms with van der Waals surface area (Å²) in [6.45, 7) is 2.73. The normalized spacial score (nSPS) is 11.0. The van der Waals surface area contributed by atoms with Crippen LogP contribution in [0.15, 0.2) is 18.2 Å². The zero-order valence-electron chi connectivity index (χ0n) is 10.2. The zero-order chi connectivity index (χ0) is 13.1. The first kappa shape index (κ1) is 12.5. The van der Waals surface area contributed by atoms with Crippen molar-refractivity contribution in [1.29, 1.82) is 0 Å². The van der Waals surface area contributed by atoms with Crippen LogP contribution in [0, 0.1) is 5.82 Å². The molecule has 0 atom stereocenters. The van der Waals surface area contributed by atoms with Crippen LogP contribution in [0.3, 0.4) is 0 Å². The number of nitrogens with zero attached hydrogens (tertiary/aromatic N) is 2. The molecule has 18 heavy (non-hydrogen) atoms. The molecule has 0 spiro atoms. The number of fused-ring (bicyclic) bond motifs is 1. The second kappa shape index (κ2) is 5.16. The molecule has 0 saturated heterocycles. The second-order valence-corrected chi connectivity index (χ2v) is 4.15. The first-order chi connectivity index (χ1) is 8.61. The predicted octanol–water partition coefficient (Wildman–Crippen LogP) is 2.60. The van der Waals surface area contributed by atoms with Gasteiger partial charge in [-0.1, -0.05) is 0 Å². The Kier molecular flexibility index (Phi) is 3.60. The Hall–Kier alpha value is -1.91. The van der Waals surface area contributed by atoms with Crippen LogP contribution in [0.4, 0.5) is 4.39 Å². The number of rotatable bonds is 5. The Morgan fingerprint density at radius 3 is 2.94 bits per heavy atom. The maximum atomic E-state index is 13.1. The molecular formula is C13H15FN2O2. The van der Waals surface area contributed by atoms with Gasteiger partial charge in [-0.2, -0.15) is 0 Å². The molecule has 2 rings (SSSR count). The lowest BCUT2D eigenvalue weighted by molar-refractivity contribution is -0.137. The van der Waals surface area contributed by atoms with Crippen LogP contribution in [0.2, 0.25) is 0 Å². The monoisotopic (exact) mass is 250 g/mol. The minimum atomic E-state index is -0.805. The number of aromatic nitrogens is 2. The summed E-state index contributed by atoms with van der Waals surface area (Å²) >= 11 is 0. The number of aryl methyl sites for hydroxylation is 2. The third kappa shape index (κ3) is 2.50.